The van der Waals surface area contributed by atoms with Crippen LogP contribution in [-0.2, 0) is 10.5 Å². The van der Waals surface area contributed by atoms with Gasteiger partial charge in [-0.1, -0.05) is 35.9 Å². The average molecular weight is 389 g/mol. The highest BCUT2D eigenvalue weighted by molar-refractivity contribution is 7.98. The van der Waals surface area contributed by atoms with Crippen LogP contribution >= 0.6 is 23.4 Å². The lowest BCUT2D eigenvalue weighted by Gasteiger charge is -2.32. The van der Waals surface area contributed by atoms with Crippen molar-refractivity contribution in [3.8, 4) is 0 Å². The topological polar surface area (TPSA) is 15.7 Å². The number of hydrogen-bond donors (Lipinski definition) is 0. The van der Waals surface area contributed by atoms with E-state index in [0.717, 1.165) is 50.1 Å². The van der Waals surface area contributed by atoms with Crippen LogP contribution in [0.15, 0.2) is 47.4 Å². The van der Waals surface area contributed by atoms with Gasteiger partial charge in [0.1, 0.15) is 6.10 Å². The van der Waals surface area contributed by atoms with Crippen molar-refractivity contribution in [3.63, 3.8) is 0 Å². The summed E-state index contributed by atoms with van der Waals surface area (Å²) in [6.07, 6.45) is -0.0395. The maximum absolute atomic E-state index is 6.47. The first-order valence-electron chi connectivity index (χ1n) is 9.23. The van der Waals surface area contributed by atoms with E-state index in [1.165, 1.54) is 21.6 Å². The predicted molar refractivity (Wildman–Crippen MR) is 109 cm³/mol. The molecule has 0 aromatic heterocycles. The van der Waals surface area contributed by atoms with Crippen LogP contribution < -0.4 is 0 Å². The van der Waals surface area contributed by atoms with Gasteiger partial charge in [0.25, 0.3) is 0 Å². The van der Waals surface area contributed by atoms with Crippen LogP contribution in [0.2, 0.25) is 5.02 Å². The summed E-state index contributed by atoms with van der Waals surface area (Å²) >= 11 is 8.19. The van der Waals surface area contributed by atoms with Crippen molar-refractivity contribution in [1.29, 1.82) is 0 Å². The molecule has 0 radical (unpaired) electrons. The summed E-state index contributed by atoms with van der Waals surface area (Å²) in [5, 5.41) is 0.774. The standard InChI is InChI=1S/C21H25ClN2OS/c1-23-8-10-24(11-9-23)12-13-25-21-18-5-3-2-4-16(18)15-26-20-7-6-17(22)14-19(20)21/h2-7,14,21H,8-13,15H2,1H3/t21-/m1/s1. The lowest BCUT2D eigenvalue weighted by atomic mass is 9.97. The monoisotopic (exact) mass is 388 g/mol. The minimum Gasteiger partial charge on any atom is -0.367 e. The third-order valence-corrected chi connectivity index (χ3v) is 6.64. The molecule has 0 unspecified atom stereocenters. The molecule has 0 N–H and O–H groups in total. The summed E-state index contributed by atoms with van der Waals surface area (Å²) in [5.74, 6) is 0.975. The van der Waals surface area contributed by atoms with Gasteiger partial charge in [-0.25, -0.2) is 0 Å². The SMILES string of the molecule is CN1CCN(CCO[C@@H]2c3ccccc3CSc3ccc(Cl)cc32)CC1. The van der Waals surface area contributed by atoms with Crippen LogP contribution in [0.4, 0.5) is 0 Å². The summed E-state index contributed by atoms with van der Waals surface area (Å²) < 4.78 is 6.47. The van der Waals surface area contributed by atoms with Gasteiger partial charge in [0.15, 0.2) is 0 Å². The number of fused-ring (bicyclic) bond motifs is 2. The van der Waals surface area contributed by atoms with E-state index < -0.39 is 0 Å². The molecule has 138 valence electrons. The summed E-state index contributed by atoms with van der Waals surface area (Å²) in [6.45, 7) is 6.25. The van der Waals surface area contributed by atoms with Gasteiger partial charge in [0.05, 0.1) is 6.61 Å². The quantitative estimate of drug-likeness (QED) is 0.775. The first-order valence-corrected chi connectivity index (χ1v) is 10.6. The van der Waals surface area contributed by atoms with Gasteiger partial charge >= 0.3 is 0 Å². The normalized spacial score (nSPS) is 21.1. The molecule has 0 saturated carbocycles. The highest BCUT2D eigenvalue weighted by Gasteiger charge is 2.25. The van der Waals surface area contributed by atoms with E-state index in [-0.39, 0.29) is 6.10 Å². The zero-order chi connectivity index (χ0) is 17.9. The van der Waals surface area contributed by atoms with E-state index in [2.05, 4.69) is 53.2 Å². The third-order valence-electron chi connectivity index (χ3n) is 5.26. The first kappa shape index (κ1) is 18.3. The van der Waals surface area contributed by atoms with Gasteiger partial charge in [0, 0.05) is 54.0 Å². The number of ether oxygens (including phenoxy) is 1. The molecule has 1 fully saturated rings. The lowest BCUT2D eigenvalue weighted by molar-refractivity contribution is 0.0471. The summed E-state index contributed by atoms with van der Waals surface area (Å²) in [5.41, 5.74) is 3.83. The number of rotatable bonds is 4. The molecule has 2 aliphatic rings. The number of thioether (sulfide) groups is 1. The summed E-state index contributed by atoms with van der Waals surface area (Å²) in [7, 11) is 2.19. The van der Waals surface area contributed by atoms with Crippen LogP contribution in [0.1, 0.15) is 22.8 Å². The molecule has 2 aromatic rings. The second-order valence-corrected chi connectivity index (χ2v) is 8.52. The van der Waals surface area contributed by atoms with E-state index in [0.29, 0.717) is 0 Å². The fourth-order valence-electron chi connectivity index (χ4n) is 3.65. The molecule has 4 rings (SSSR count). The van der Waals surface area contributed by atoms with E-state index >= 15 is 0 Å². The smallest absolute Gasteiger partial charge is 0.109 e. The zero-order valence-corrected chi connectivity index (χ0v) is 16.7. The third kappa shape index (κ3) is 4.10. The Hall–Kier alpha value is -1.04. The molecule has 0 bridgehead atoms. The largest absolute Gasteiger partial charge is 0.367 e. The Morgan fingerprint density at radius 1 is 1.08 bits per heavy atom. The van der Waals surface area contributed by atoms with Crippen LogP contribution in [0.5, 0.6) is 0 Å². The van der Waals surface area contributed by atoms with Crippen LogP contribution in [0.3, 0.4) is 0 Å². The number of likely N-dealkylation sites (N-methyl/N-ethyl adjacent to an activating group) is 1. The number of piperazine rings is 1. The molecule has 5 heteroatoms. The molecule has 1 saturated heterocycles. The van der Waals surface area contributed by atoms with Gasteiger partial charge in [-0.15, -0.1) is 11.8 Å². The van der Waals surface area contributed by atoms with Gasteiger partial charge in [-0.2, -0.15) is 0 Å². The number of hydrogen-bond acceptors (Lipinski definition) is 4. The van der Waals surface area contributed by atoms with Gasteiger partial charge in [-0.3, -0.25) is 4.90 Å². The zero-order valence-electron chi connectivity index (χ0n) is 15.2. The Kier molecular flexibility index (Phi) is 5.87. The van der Waals surface area contributed by atoms with Crippen molar-refractivity contribution in [1.82, 2.24) is 9.80 Å². The Balaban J connectivity index is 1.53. The first-order chi connectivity index (χ1) is 12.7. The molecule has 3 nitrogen and oxygen atoms in total. The van der Waals surface area contributed by atoms with Crippen LogP contribution in [-0.4, -0.2) is 56.2 Å². The molecular formula is C21H25ClN2OS. The molecule has 1 atom stereocenters. The van der Waals surface area contributed by atoms with Gasteiger partial charge in [0.2, 0.25) is 0 Å². The Bertz CT molecular complexity index is 761. The lowest BCUT2D eigenvalue weighted by Crippen LogP contribution is -2.45. The summed E-state index contributed by atoms with van der Waals surface area (Å²) in [6, 6.07) is 14.8. The van der Waals surface area contributed by atoms with Gasteiger partial charge in [-0.05, 0) is 36.4 Å². The second-order valence-electron chi connectivity index (χ2n) is 7.07. The van der Waals surface area contributed by atoms with Crippen molar-refractivity contribution >= 4 is 23.4 Å². The van der Waals surface area contributed by atoms with Crippen molar-refractivity contribution in [2.24, 2.45) is 0 Å². The highest BCUT2D eigenvalue weighted by atomic mass is 35.5. The van der Waals surface area contributed by atoms with E-state index in [9.17, 15) is 0 Å². The number of halogens is 1. The Morgan fingerprint density at radius 3 is 2.73 bits per heavy atom. The van der Waals surface area contributed by atoms with Crippen molar-refractivity contribution < 1.29 is 4.74 Å². The minimum absolute atomic E-state index is 0.0395. The molecule has 0 aliphatic carbocycles. The Labute approximate surface area is 165 Å². The molecule has 2 aliphatic heterocycles. The molecular weight excluding hydrogens is 364 g/mol. The summed E-state index contributed by atoms with van der Waals surface area (Å²) in [4.78, 5) is 6.15. The predicted octanol–water partition coefficient (Wildman–Crippen LogP) is 4.30. The molecule has 0 amide bonds. The number of nitrogens with zero attached hydrogens (tertiary/aromatic N) is 2. The maximum Gasteiger partial charge on any atom is 0.109 e. The van der Waals surface area contributed by atoms with Gasteiger partial charge < -0.3 is 9.64 Å². The van der Waals surface area contributed by atoms with E-state index in [4.69, 9.17) is 16.3 Å². The molecule has 0 spiro atoms. The fraction of sp³-hybridized carbons (Fsp3) is 0.429. The van der Waals surface area contributed by atoms with Crippen molar-refractivity contribution in [2.45, 2.75) is 16.8 Å². The second kappa shape index (κ2) is 8.32. The van der Waals surface area contributed by atoms with Crippen LogP contribution in [0, 0.1) is 0 Å². The minimum atomic E-state index is -0.0395. The average Bonchev–Trinajstić information content (AvgIpc) is 2.81. The molecule has 26 heavy (non-hydrogen) atoms. The number of benzene rings is 2. The van der Waals surface area contributed by atoms with Crippen LogP contribution in [0.25, 0.3) is 0 Å². The highest BCUT2D eigenvalue weighted by Crippen LogP contribution is 2.42. The van der Waals surface area contributed by atoms with E-state index in [1.807, 2.05) is 17.8 Å². The van der Waals surface area contributed by atoms with Crippen molar-refractivity contribution in [3.05, 3.63) is 64.2 Å². The fourth-order valence-corrected chi connectivity index (χ4v) is 4.90. The molecule has 2 aromatic carbocycles. The maximum atomic E-state index is 6.47. The van der Waals surface area contributed by atoms with Crippen molar-refractivity contribution in [2.75, 3.05) is 46.4 Å². The Morgan fingerprint density at radius 2 is 1.88 bits per heavy atom. The molecule has 2 heterocycles. The van der Waals surface area contributed by atoms with E-state index in [1.54, 1.807) is 0 Å².